The third kappa shape index (κ3) is 3.57. The highest BCUT2D eigenvalue weighted by Gasteiger charge is 2.26. The van der Waals surface area contributed by atoms with Crippen molar-refractivity contribution in [1.82, 2.24) is 15.1 Å². The molecule has 1 fully saturated rings. The Morgan fingerprint density at radius 2 is 2.24 bits per heavy atom. The molecule has 0 bridgehead atoms. The van der Waals surface area contributed by atoms with Crippen LogP contribution in [-0.4, -0.2) is 34.7 Å². The molecule has 1 aromatic rings. The van der Waals surface area contributed by atoms with E-state index >= 15 is 0 Å². The highest BCUT2D eigenvalue weighted by atomic mass is 15.2. The minimum absolute atomic E-state index is 0.567. The third-order valence-electron chi connectivity index (χ3n) is 5.13. The summed E-state index contributed by atoms with van der Waals surface area (Å²) >= 11 is 0. The van der Waals surface area contributed by atoms with Crippen molar-refractivity contribution >= 4 is 0 Å². The first-order valence-electron chi connectivity index (χ1n) is 8.64. The molecule has 3 heteroatoms. The summed E-state index contributed by atoms with van der Waals surface area (Å²) < 4.78 is 0. The van der Waals surface area contributed by atoms with Crippen LogP contribution in [0, 0.1) is 5.92 Å². The summed E-state index contributed by atoms with van der Waals surface area (Å²) in [5.41, 5.74) is 2.82. The second kappa shape index (κ2) is 6.78. The number of aromatic nitrogens is 2. The normalized spacial score (nSPS) is 27.4. The number of likely N-dealkylation sites (tertiary alicyclic amines) is 1. The highest BCUT2D eigenvalue weighted by Crippen LogP contribution is 2.32. The molecule has 2 aliphatic rings. The number of hydrogen-bond acceptors (Lipinski definition) is 2. The molecule has 1 saturated heterocycles. The van der Waals surface area contributed by atoms with E-state index in [0.717, 1.165) is 5.92 Å². The first kappa shape index (κ1) is 14.8. The van der Waals surface area contributed by atoms with Gasteiger partial charge in [-0.1, -0.05) is 26.0 Å². The molecule has 0 spiro atoms. The average Bonchev–Trinajstić information content (AvgIpc) is 2.98. The Morgan fingerprint density at radius 3 is 3.00 bits per heavy atom. The predicted octanol–water partition coefficient (Wildman–Crippen LogP) is 4.07. The first-order chi connectivity index (χ1) is 10.2. The molecule has 0 unspecified atom stereocenters. The van der Waals surface area contributed by atoms with Gasteiger partial charge in [-0.25, -0.2) is 0 Å². The molecule has 2 heterocycles. The Kier molecular flexibility index (Phi) is 4.79. The maximum absolute atomic E-state index is 4.31. The number of aromatic amines is 1. The second-order valence-electron chi connectivity index (χ2n) is 7.14. The highest BCUT2D eigenvalue weighted by molar-refractivity contribution is 5.24. The van der Waals surface area contributed by atoms with Gasteiger partial charge >= 0.3 is 0 Å². The molecule has 1 N–H and O–H groups in total. The van der Waals surface area contributed by atoms with Gasteiger partial charge in [-0.3, -0.25) is 5.10 Å². The minimum atomic E-state index is 0.567. The van der Waals surface area contributed by atoms with Crippen molar-refractivity contribution in [1.29, 1.82) is 0 Å². The van der Waals surface area contributed by atoms with Crippen LogP contribution in [0.25, 0.3) is 0 Å². The van der Waals surface area contributed by atoms with E-state index in [1.807, 2.05) is 6.20 Å². The van der Waals surface area contributed by atoms with Gasteiger partial charge in [-0.15, -0.1) is 0 Å². The lowest BCUT2D eigenvalue weighted by molar-refractivity contribution is 0.172. The lowest BCUT2D eigenvalue weighted by Crippen LogP contribution is -2.38. The molecule has 1 aromatic heterocycles. The van der Waals surface area contributed by atoms with Crippen molar-refractivity contribution in [3.63, 3.8) is 0 Å². The third-order valence-corrected chi connectivity index (χ3v) is 5.13. The summed E-state index contributed by atoms with van der Waals surface area (Å²) in [5.74, 6) is 2.09. The van der Waals surface area contributed by atoms with E-state index < -0.39 is 0 Å². The molecule has 0 saturated carbocycles. The summed E-state index contributed by atoms with van der Waals surface area (Å²) in [6.07, 6.45) is 13.3. The van der Waals surface area contributed by atoms with Crippen molar-refractivity contribution in [3.05, 3.63) is 29.6 Å². The van der Waals surface area contributed by atoms with Crippen LogP contribution in [-0.2, 0) is 0 Å². The second-order valence-corrected chi connectivity index (χ2v) is 7.14. The van der Waals surface area contributed by atoms with Gasteiger partial charge in [0.25, 0.3) is 0 Å². The SMILES string of the molecule is CC(C)c1cn[nH]c1[C@H]1CCCN(C[C@@H]2CC=CCC2)C1. The fraction of sp³-hybridized carbons (Fsp3) is 0.722. The number of H-pyrrole nitrogens is 1. The molecule has 0 amide bonds. The van der Waals surface area contributed by atoms with Crippen LogP contribution < -0.4 is 0 Å². The van der Waals surface area contributed by atoms with Gasteiger partial charge in [0.1, 0.15) is 0 Å². The zero-order valence-electron chi connectivity index (χ0n) is 13.5. The number of rotatable bonds is 4. The monoisotopic (exact) mass is 287 g/mol. The minimum Gasteiger partial charge on any atom is -0.302 e. The molecule has 1 aliphatic heterocycles. The van der Waals surface area contributed by atoms with Crippen molar-refractivity contribution < 1.29 is 0 Å². The van der Waals surface area contributed by atoms with E-state index in [4.69, 9.17) is 0 Å². The summed E-state index contributed by atoms with van der Waals surface area (Å²) in [4.78, 5) is 2.70. The van der Waals surface area contributed by atoms with Gasteiger partial charge in [0.15, 0.2) is 0 Å². The van der Waals surface area contributed by atoms with Crippen LogP contribution in [0.2, 0.25) is 0 Å². The lowest BCUT2D eigenvalue weighted by Gasteiger charge is -2.35. The Balaban J connectivity index is 1.62. The van der Waals surface area contributed by atoms with Crippen molar-refractivity contribution in [2.24, 2.45) is 5.92 Å². The molecule has 116 valence electrons. The first-order valence-corrected chi connectivity index (χ1v) is 8.64. The van der Waals surface area contributed by atoms with Crippen molar-refractivity contribution in [2.45, 2.75) is 57.8 Å². The molecule has 3 nitrogen and oxygen atoms in total. The van der Waals surface area contributed by atoms with Crippen LogP contribution in [0.3, 0.4) is 0 Å². The summed E-state index contributed by atoms with van der Waals surface area (Å²) in [7, 11) is 0. The summed E-state index contributed by atoms with van der Waals surface area (Å²) in [5, 5.41) is 7.60. The number of nitrogens with zero attached hydrogens (tertiary/aromatic N) is 2. The molecule has 0 aromatic carbocycles. The fourth-order valence-electron chi connectivity index (χ4n) is 3.94. The lowest BCUT2D eigenvalue weighted by atomic mass is 9.88. The average molecular weight is 287 g/mol. The molecular formula is C18H29N3. The number of hydrogen-bond donors (Lipinski definition) is 1. The standard InChI is InChI=1S/C18H29N3/c1-14(2)17-11-19-20-18(17)16-9-6-10-21(13-16)12-15-7-4-3-5-8-15/h3-4,11,14-16H,5-10,12-13H2,1-2H3,(H,19,20)/t15-,16+/m1/s1. The topological polar surface area (TPSA) is 31.9 Å². The Bertz CT molecular complexity index is 475. The van der Waals surface area contributed by atoms with E-state index in [0.29, 0.717) is 11.8 Å². The van der Waals surface area contributed by atoms with Gasteiger partial charge < -0.3 is 4.90 Å². The van der Waals surface area contributed by atoms with E-state index in [2.05, 4.69) is 41.1 Å². The molecule has 3 rings (SSSR count). The zero-order valence-corrected chi connectivity index (χ0v) is 13.5. The smallest absolute Gasteiger partial charge is 0.0524 e. The Hall–Kier alpha value is -1.09. The number of allylic oxidation sites excluding steroid dienone is 2. The summed E-state index contributed by atoms with van der Waals surface area (Å²) in [6, 6.07) is 0. The largest absolute Gasteiger partial charge is 0.302 e. The van der Waals surface area contributed by atoms with Gasteiger partial charge in [0.2, 0.25) is 0 Å². The molecule has 0 radical (unpaired) electrons. The fourth-order valence-corrected chi connectivity index (χ4v) is 3.94. The van der Waals surface area contributed by atoms with E-state index in [1.165, 1.54) is 63.0 Å². The predicted molar refractivity (Wildman–Crippen MR) is 87.6 cm³/mol. The molecule has 1 aliphatic carbocycles. The van der Waals surface area contributed by atoms with Crippen LogP contribution in [0.5, 0.6) is 0 Å². The quantitative estimate of drug-likeness (QED) is 0.847. The zero-order chi connectivity index (χ0) is 14.7. The molecule has 2 atom stereocenters. The van der Waals surface area contributed by atoms with E-state index in [-0.39, 0.29) is 0 Å². The van der Waals surface area contributed by atoms with Gasteiger partial charge in [-0.05, 0) is 56.0 Å². The van der Waals surface area contributed by atoms with E-state index in [9.17, 15) is 0 Å². The van der Waals surface area contributed by atoms with Crippen molar-refractivity contribution in [3.8, 4) is 0 Å². The van der Waals surface area contributed by atoms with Crippen LogP contribution in [0.1, 0.15) is 69.0 Å². The van der Waals surface area contributed by atoms with Crippen LogP contribution in [0.15, 0.2) is 18.3 Å². The van der Waals surface area contributed by atoms with Gasteiger partial charge in [0, 0.05) is 24.7 Å². The maximum Gasteiger partial charge on any atom is 0.0524 e. The summed E-state index contributed by atoms with van der Waals surface area (Å²) in [6.45, 7) is 8.31. The molecule has 21 heavy (non-hydrogen) atoms. The maximum atomic E-state index is 4.31. The Labute approximate surface area is 128 Å². The molecular weight excluding hydrogens is 258 g/mol. The van der Waals surface area contributed by atoms with Crippen molar-refractivity contribution in [2.75, 3.05) is 19.6 Å². The van der Waals surface area contributed by atoms with Gasteiger partial charge in [-0.2, -0.15) is 5.10 Å². The van der Waals surface area contributed by atoms with Gasteiger partial charge in [0.05, 0.1) is 6.20 Å². The number of nitrogens with one attached hydrogen (secondary N) is 1. The van der Waals surface area contributed by atoms with Crippen LogP contribution in [0.4, 0.5) is 0 Å². The van der Waals surface area contributed by atoms with Crippen LogP contribution >= 0.6 is 0 Å². The Morgan fingerprint density at radius 1 is 1.33 bits per heavy atom. The number of piperidine rings is 1. The van der Waals surface area contributed by atoms with E-state index in [1.54, 1.807) is 0 Å².